The standard InChI is InChI=1S/C16H23N5O2/c1-3-21(15-5-4-6-18-19-15)11-14-10-20(7-8-22-14)12-16-17-9-13(2)23-16/h4-6,9,14H,3,7-8,10-12H2,1-2H3/t14-/m0/s1. The molecule has 23 heavy (non-hydrogen) atoms. The van der Waals surface area contributed by atoms with Crippen LogP contribution in [0.3, 0.4) is 0 Å². The number of likely N-dealkylation sites (N-methyl/N-ethyl adjacent to an activating group) is 1. The van der Waals surface area contributed by atoms with E-state index < -0.39 is 0 Å². The van der Waals surface area contributed by atoms with Crippen LogP contribution in [0.1, 0.15) is 18.6 Å². The Kier molecular flexibility index (Phi) is 5.19. The van der Waals surface area contributed by atoms with Gasteiger partial charge in [-0.3, -0.25) is 4.90 Å². The van der Waals surface area contributed by atoms with Gasteiger partial charge in [-0.25, -0.2) is 4.98 Å². The number of anilines is 1. The highest BCUT2D eigenvalue weighted by molar-refractivity contribution is 5.36. The van der Waals surface area contributed by atoms with Crippen LogP contribution in [0.5, 0.6) is 0 Å². The van der Waals surface area contributed by atoms with E-state index in [1.165, 1.54) is 0 Å². The normalized spacial score (nSPS) is 19.0. The number of aryl methyl sites for hydroxylation is 1. The predicted octanol–water partition coefficient (Wildman–Crippen LogP) is 1.50. The molecule has 3 heterocycles. The van der Waals surface area contributed by atoms with Gasteiger partial charge in [-0.05, 0) is 26.0 Å². The van der Waals surface area contributed by atoms with E-state index in [0.29, 0.717) is 0 Å². The fourth-order valence-electron chi connectivity index (χ4n) is 2.79. The van der Waals surface area contributed by atoms with Gasteiger partial charge in [0.05, 0.1) is 25.5 Å². The van der Waals surface area contributed by atoms with Gasteiger partial charge in [-0.15, -0.1) is 5.10 Å². The second kappa shape index (κ2) is 7.52. The lowest BCUT2D eigenvalue weighted by Crippen LogP contribution is -2.47. The Balaban J connectivity index is 1.57. The van der Waals surface area contributed by atoms with Crippen molar-refractivity contribution in [2.24, 2.45) is 0 Å². The van der Waals surface area contributed by atoms with Crippen LogP contribution >= 0.6 is 0 Å². The molecule has 0 amide bonds. The average molecular weight is 317 g/mol. The minimum Gasteiger partial charge on any atom is -0.445 e. The zero-order valence-corrected chi connectivity index (χ0v) is 13.7. The van der Waals surface area contributed by atoms with Gasteiger partial charge in [0.25, 0.3) is 0 Å². The van der Waals surface area contributed by atoms with E-state index in [1.807, 2.05) is 19.1 Å². The summed E-state index contributed by atoms with van der Waals surface area (Å²) in [6, 6.07) is 3.89. The summed E-state index contributed by atoms with van der Waals surface area (Å²) in [5.74, 6) is 2.51. The molecule has 0 aromatic carbocycles. The van der Waals surface area contributed by atoms with Gasteiger partial charge >= 0.3 is 0 Å². The maximum absolute atomic E-state index is 5.92. The number of aromatic nitrogens is 3. The van der Waals surface area contributed by atoms with Crippen LogP contribution in [0.15, 0.2) is 28.9 Å². The van der Waals surface area contributed by atoms with Crippen LogP contribution < -0.4 is 4.90 Å². The van der Waals surface area contributed by atoms with E-state index in [0.717, 1.165) is 56.8 Å². The van der Waals surface area contributed by atoms with Crippen LogP contribution in [0.25, 0.3) is 0 Å². The van der Waals surface area contributed by atoms with Crippen molar-refractivity contribution in [2.45, 2.75) is 26.5 Å². The summed E-state index contributed by atoms with van der Waals surface area (Å²) in [5.41, 5.74) is 0. The van der Waals surface area contributed by atoms with Gasteiger partial charge in [0.15, 0.2) is 5.82 Å². The van der Waals surface area contributed by atoms with Crippen molar-refractivity contribution in [2.75, 3.05) is 37.7 Å². The number of nitrogens with zero attached hydrogens (tertiary/aromatic N) is 5. The monoisotopic (exact) mass is 317 g/mol. The SMILES string of the molecule is CCN(C[C@@H]1CN(Cc2ncc(C)o2)CCO1)c1cccnn1. The van der Waals surface area contributed by atoms with E-state index in [2.05, 4.69) is 31.9 Å². The van der Waals surface area contributed by atoms with E-state index >= 15 is 0 Å². The molecule has 0 aliphatic carbocycles. The molecule has 0 radical (unpaired) electrons. The first-order chi connectivity index (χ1) is 11.2. The molecular formula is C16H23N5O2. The molecule has 124 valence electrons. The Morgan fingerprint density at radius 2 is 2.35 bits per heavy atom. The largest absolute Gasteiger partial charge is 0.445 e. The second-order valence-corrected chi connectivity index (χ2v) is 5.71. The highest BCUT2D eigenvalue weighted by Gasteiger charge is 2.24. The third kappa shape index (κ3) is 4.27. The molecule has 1 fully saturated rings. The average Bonchev–Trinajstić information content (AvgIpc) is 2.99. The van der Waals surface area contributed by atoms with Gasteiger partial charge < -0.3 is 14.1 Å². The molecule has 0 bridgehead atoms. The van der Waals surface area contributed by atoms with Crippen LogP contribution in [0.2, 0.25) is 0 Å². The molecule has 0 spiro atoms. The van der Waals surface area contributed by atoms with Crippen molar-refractivity contribution in [3.63, 3.8) is 0 Å². The lowest BCUT2D eigenvalue weighted by molar-refractivity contribution is -0.0291. The zero-order valence-electron chi connectivity index (χ0n) is 13.7. The molecule has 1 aliphatic rings. The first-order valence-corrected chi connectivity index (χ1v) is 8.02. The summed E-state index contributed by atoms with van der Waals surface area (Å²) in [6.07, 6.45) is 3.59. The summed E-state index contributed by atoms with van der Waals surface area (Å²) in [7, 11) is 0. The molecular weight excluding hydrogens is 294 g/mol. The Morgan fingerprint density at radius 3 is 3.04 bits per heavy atom. The van der Waals surface area contributed by atoms with E-state index in [9.17, 15) is 0 Å². The van der Waals surface area contributed by atoms with Gasteiger partial charge in [0.1, 0.15) is 5.76 Å². The number of rotatable bonds is 6. The Morgan fingerprint density at radius 1 is 1.43 bits per heavy atom. The molecule has 7 heteroatoms. The van der Waals surface area contributed by atoms with Crippen molar-refractivity contribution in [3.8, 4) is 0 Å². The molecule has 1 saturated heterocycles. The maximum Gasteiger partial charge on any atom is 0.208 e. The fourth-order valence-corrected chi connectivity index (χ4v) is 2.79. The van der Waals surface area contributed by atoms with Crippen LogP contribution in [-0.2, 0) is 11.3 Å². The number of ether oxygens (including phenoxy) is 1. The summed E-state index contributed by atoms with van der Waals surface area (Å²) < 4.78 is 11.5. The number of hydrogen-bond donors (Lipinski definition) is 0. The fraction of sp³-hybridized carbons (Fsp3) is 0.562. The third-order valence-electron chi connectivity index (χ3n) is 3.94. The van der Waals surface area contributed by atoms with Crippen molar-refractivity contribution < 1.29 is 9.15 Å². The van der Waals surface area contributed by atoms with Crippen LogP contribution in [0.4, 0.5) is 5.82 Å². The molecule has 2 aromatic heterocycles. The lowest BCUT2D eigenvalue weighted by Gasteiger charge is -2.35. The van der Waals surface area contributed by atoms with Gasteiger partial charge in [-0.1, -0.05) is 0 Å². The Hall–Kier alpha value is -1.99. The molecule has 7 nitrogen and oxygen atoms in total. The van der Waals surface area contributed by atoms with E-state index in [4.69, 9.17) is 9.15 Å². The second-order valence-electron chi connectivity index (χ2n) is 5.71. The molecule has 1 aliphatic heterocycles. The summed E-state index contributed by atoms with van der Waals surface area (Å²) in [6.45, 7) is 8.91. The highest BCUT2D eigenvalue weighted by atomic mass is 16.5. The maximum atomic E-state index is 5.92. The molecule has 2 aromatic rings. The van der Waals surface area contributed by atoms with E-state index in [1.54, 1.807) is 12.4 Å². The quantitative estimate of drug-likeness (QED) is 0.799. The van der Waals surface area contributed by atoms with Crippen LogP contribution in [-0.4, -0.2) is 59.0 Å². The van der Waals surface area contributed by atoms with Gasteiger partial charge in [0, 0.05) is 32.4 Å². The first-order valence-electron chi connectivity index (χ1n) is 8.02. The number of morpholine rings is 1. The number of hydrogen-bond acceptors (Lipinski definition) is 7. The molecule has 0 N–H and O–H groups in total. The molecule has 3 rings (SSSR count). The predicted molar refractivity (Wildman–Crippen MR) is 86.2 cm³/mol. The Bertz CT molecular complexity index is 604. The smallest absolute Gasteiger partial charge is 0.208 e. The van der Waals surface area contributed by atoms with Gasteiger partial charge in [-0.2, -0.15) is 5.10 Å². The summed E-state index contributed by atoms with van der Waals surface area (Å²) in [4.78, 5) is 8.80. The van der Waals surface area contributed by atoms with Crippen molar-refractivity contribution >= 4 is 5.82 Å². The first kappa shape index (κ1) is 15.9. The van der Waals surface area contributed by atoms with Crippen molar-refractivity contribution in [1.29, 1.82) is 0 Å². The minimum atomic E-state index is 0.141. The van der Waals surface area contributed by atoms with Gasteiger partial charge in [0.2, 0.25) is 5.89 Å². The zero-order chi connectivity index (χ0) is 16.1. The topological polar surface area (TPSA) is 67.5 Å². The number of oxazole rings is 1. The molecule has 0 unspecified atom stereocenters. The summed E-state index contributed by atoms with van der Waals surface area (Å²) in [5, 5.41) is 8.14. The molecule has 0 saturated carbocycles. The van der Waals surface area contributed by atoms with Crippen molar-refractivity contribution in [1.82, 2.24) is 20.1 Å². The molecule has 1 atom stereocenters. The van der Waals surface area contributed by atoms with Crippen molar-refractivity contribution in [3.05, 3.63) is 36.2 Å². The van der Waals surface area contributed by atoms with E-state index in [-0.39, 0.29) is 6.10 Å². The third-order valence-corrected chi connectivity index (χ3v) is 3.94. The highest BCUT2D eigenvalue weighted by Crippen LogP contribution is 2.14. The van der Waals surface area contributed by atoms with Crippen LogP contribution in [0, 0.1) is 6.92 Å². The Labute approximate surface area is 136 Å². The lowest BCUT2D eigenvalue weighted by atomic mass is 10.2. The minimum absolute atomic E-state index is 0.141. The summed E-state index contributed by atoms with van der Waals surface area (Å²) >= 11 is 0.